The van der Waals surface area contributed by atoms with Crippen molar-refractivity contribution in [3.8, 4) is 0 Å². The van der Waals surface area contributed by atoms with Crippen LogP contribution in [0.5, 0.6) is 0 Å². The molecule has 1 amide bonds. The lowest BCUT2D eigenvalue weighted by molar-refractivity contribution is 0.0946. The fourth-order valence-corrected chi connectivity index (χ4v) is 2.38. The van der Waals surface area contributed by atoms with Crippen LogP contribution < -0.4 is 5.32 Å². The summed E-state index contributed by atoms with van der Waals surface area (Å²) in [5.74, 6) is -0.124. The standard InChI is InChI=1S/C15H12BrN3O/c16-12-3-4-13-11(6-12)7-14(19-13)15(20)18-9-10-2-1-5-17-8-10/h1-8,19H,9H2,(H,18,20). The number of H-pyrrole nitrogens is 1. The maximum absolute atomic E-state index is 12.1. The fourth-order valence-electron chi connectivity index (χ4n) is 2.01. The number of fused-ring (bicyclic) bond motifs is 1. The van der Waals surface area contributed by atoms with Gasteiger partial charge in [-0.2, -0.15) is 0 Å². The molecule has 3 aromatic rings. The lowest BCUT2D eigenvalue weighted by Gasteiger charge is -2.02. The second-order valence-corrected chi connectivity index (χ2v) is 5.37. The molecule has 0 saturated heterocycles. The van der Waals surface area contributed by atoms with Gasteiger partial charge >= 0.3 is 0 Å². The van der Waals surface area contributed by atoms with Crippen LogP contribution in [0, 0.1) is 0 Å². The number of nitrogens with one attached hydrogen (secondary N) is 2. The van der Waals surface area contributed by atoms with E-state index in [1.54, 1.807) is 12.4 Å². The minimum absolute atomic E-state index is 0.124. The molecule has 0 fully saturated rings. The van der Waals surface area contributed by atoms with Gasteiger partial charge in [0.2, 0.25) is 0 Å². The molecule has 0 aliphatic heterocycles. The number of nitrogens with zero attached hydrogens (tertiary/aromatic N) is 1. The average molecular weight is 330 g/mol. The van der Waals surface area contributed by atoms with Crippen molar-refractivity contribution < 1.29 is 4.79 Å². The number of benzene rings is 1. The highest BCUT2D eigenvalue weighted by molar-refractivity contribution is 9.10. The number of aromatic nitrogens is 2. The first kappa shape index (κ1) is 12.9. The summed E-state index contributed by atoms with van der Waals surface area (Å²) in [6.07, 6.45) is 3.45. The molecule has 2 heterocycles. The zero-order chi connectivity index (χ0) is 13.9. The minimum Gasteiger partial charge on any atom is -0.351 e. The van der Waals surface area contributed by atoms with Gasteiger partial charge in [0.05, 0.1) is 0 Å². The summed E-state index contributed by atoms with van der Waals surface area (Å²) in [5.41, 5.74) is 2.47. The van der Waals surface area contributed by atoms with Crippen LogP contribution in [0.2, 0.25) is 0 Å². The molecule has 2 aromatic heterocycles. The Morgan fingerprint density at radius 1 is 1.30 bits per heavy atom. The molecule has 0 spiro atoms. The Bertz CT molecular complexity index is 752. The largest absolute Gasteiger partial charge is 0.351 e. The maximum Gasteiger partial charge on any atom is 0.267 e. The van der Waals surface area contributed by atoms with Gasteiger partial charge in [0.15, 0.2) is 0 Å². The van der Waals surface area contributed by atoms with Crippen molar-refractivity contribution >= 4 is 32.7 Å². The highest BCUT2D eigenvalue weighted by Crippen LogP contribution is 2.20. The molecule has 100 valence electrons. The Kier molecular flexibility index (Phi) is 3.52. The van der Waals surface area contributed by atoms with E-state index in [0.29, 0.717) is 12.2 Å². The highest BCUT2D eigenvalue weighted by atomic mass is 79.9. The molecule has 4 nitrogen and oxygen atoms in total. The van der Waals surface area contributed by atoms with E-state index in [0.717, 1.165) is 20.9 Å². The van der Waals surface area contributed by atoms with Gasteiger partial charge in [-0.1, -0.05) is 22.0 Å². The third-order valence-electron chi connectivity index (χ3n) is 3.00. The van der Waals surface area contributed by atoms with E-state index in [4.69, 9.17) is 0 Å². The van der Waals surface area contributed by atoms with Gasteiger partial charge in [0.1, 0.15) is 5.69 Å². The second kappa shape index (κ2) is 5.46. The molecule has 2 N–H and O–H groups in total. The van der Waals surface area contributed by atoms with E-state index in [-0.39, 0.29) is 5.91 Å². The van der Waals surface area contributed by atoms with Crippen LogP contribution in [0.3, 0.4) is 0 Å². The quantitative estimate of drug-likeness (QED) is 0.774. The first-order chi connectivity index (χ1) is 9.72. The van der Waals surface area contributed by atoms with Crippen molar-refractivity contribution in [2.45, 2.75) is 6.54 Å². The Balaban J connectivity index is 1.75. The summed E-state index contributed by atoms with van der Waals surface area (Å²) in [6.45, 7) is 0.464. The van der Waals surface area contributed by atoms with E-state index in [2.05, 4.69) is 31.2 Å². The lowest BCUT2D eigenvalue weighted by Crippen LogP contribution is -2.23. The number of rotatable bonds is 3. The monoisotopic (exact) mass is 329 g/mol. The molecular weight excluding hydrogens is 318 g/mol. The zero-order valence-electron chi connectivity index (χ0n) is 10.6. The summed E-state index contributed by atoms with van der Waals surface area (Å²) < 4.78 is 0.992. The average Bonchev–Trinajstić information content (AvgIpc) is 2.89. The van der Waals surface area contributed by atoms with E-state index in [1.807, 2.05) is 36.4 Å². The molecule has 0 unspecified atom stereocenters. The van der Waals surface area contributed by atoms with Gasteiger partial charge in [-0.3, -0.25) is 9.78 Å². The predicted molar refractivity (Wildman–Crippen MR) is 81.4 cm³/mol. The van der Waals surface area contributed by atoms with Gasteiger partial charge in [0, 0.05) is 34.3 Å². The SMILES string of the molecule is O=C(NCc1cccnc1)c1cc2cc(Br)ccc2[nH]1. The predicted octanol–water partition coefficient (Wildman–Crippen LogP) is 3.26. The van der Waals surface area contributed by atoms with Gasteiger partial charge in [0.25, 0.3) is 5.91 Å². The van der Waals surface area contributed by atoms with Crippen molar-refractivity contribution in [3.05, 3.63) is 64.5 Å². The molecule has 0 aliphatic carbocycles. The van der Waals surface area contributed by atoms with Gasteiger partial charge in [-0.25, -0.2) is 0 Å². The topological polar surface area (TPSA) is 57.8 Å². The Morgan fingerprint density at radius 2 is 2.20 bits per heavy atom. The third kappa shape index (κ3) is 2.72. The smallest absolute Gasteiger partial charge is 0.267 e. The van der Waals surface area contributed by atoms with Crippen LogP contribution in [-0.2, 0) is 6.54 Å². The maximum atomic E-state index is 12.1. The minimum atomic E-state index is -0.124. The van der Waals surface area contributed by atoms with E-state index in [1.165, 1.54) is 0 Å². The van der Waals surface area contributed by atoms with Crippen LogP contribution in [0.15, 0.2) is 53.3 Å². The van der Waals surface area contributed by atoms with Crippen molar-refractivity contribution in [2.24, 2.45) is 0 Å². The van der Waals surface area contributed by atoms with Gasteiger partial charge in [-0.05, 0) is 35.9 Å². The number of hydrogen-bond acceptors (Lipinski definition) is 2. The van der Waals surface area contributed by atoms with Crippen LogP contribution in [0.25, 0.3) is 10.9 Å². The van der Waals surface area contributed by atoms with Gasteiger partial charge < -0.3 is 10.3 Å². The van der Waals surface area contributed by atoms with Crippen LogP contribution in [0.4, 0.5) is 0 Å². The summed E-state index contributed by atoms with van der Waals surface area (Å²) in [6, 6.07) is 11.5. The number of carbonyl (C=O) groups excluding carboxylic acids is 1. The van der Waals surface area contributed by atoms with E-state index >= 15 is 0 Å². The van der Waals surface area contributed by atoms with E-state index in [9.17, 15) is 4.79 Å². The number of hydrogen-bond donors (Lipinski definition) is 2. The second-order valence-electron chi connectivity index (χ2n) is 4.46. The Labute approximate surface area is 124 Å². The summed E-state index contributed by atoms with van der Waals surface area (Å²) in [5, 5.41) is 3.87. The first-order valence-corrected chi connectivity index (χ1v) is 6.97. The Morgan fingerprint density at radius 3 is 3.00 bits per heavy atom. The molecular formula is C15H12BrN3O. The summed E-state index contributed by atoms with van der Waals surface area (Å²) in [7, 11) is 0. The van der Waals surface area contributed by atoms with Crippen LogP contribution in [0.1, 0.15) is 16.1 Å². The molecule has 0 saturated carbocycles. The summed E-state index contributed by atoms with van der Waals surface area (Å²) in [4.78, 5) is 19.2. The molecule has 1 aromatic carbocycles. The molecule has 0 radical (unpaired) electrons. The molecule has 5 heteroatoms. The number of carbonyl (C=O) groups is 1. The zero-order valence-corrected chi connectivity index (χ0v) is 12.1. The lowest BCUT2D eigenvalue weighted by atomic mass is 10.2. The molecule has 3 rings (SSSR count). The first-order valence-electron chi connectivity index (χ1n) is 6.18. The number of halogens is 1. The van der Waals surface area contributed by atoms with Crippen molar-refractivity contribution in [2.75, 3.05) is 0 Å². The van der Waals surface area contributed by atoms with Crippen LogP contribution in [-0.4, -0.2) is 15.9 Å². The molecule has 0 aliphatic rings. The highest BCUT2D eigenvalue weighted by Gasteiger charge is 2.09. The third-order valence-corrected chi connectivity index (χ3v) is 3.50. The van der Waals surface area contributed by atoms with Crippen molar-refractivity contribution in [1.82, 2.24) is 15.3 Å². The molecule has 0 bridgehead atoms. The molecule has 0 atom stereocenters. The van der Waals surface area contributed by atoms with Gasteiger partial charge in [-0.15, -0.1) is 0 Å². The fraction of sp³-hybridized carbons (Fsp3) is 0.0667. The normalized spacial score (nSPS) is 10.7. The van der Waals surface area contributed by atoms with Crippen molar-refractivity contribution in [3.63, 3.8) is 0 Å². The Hall–Kier alpha value is -2.14. The number of aromatic amines is 1. The van der Waals surface area contributed by atoms with Crippen LogP contribution >= 0.6 is 15.9 Å². The van der Waals surface area contributed by atoms with E-state index < -0.39 is 0 Å². The number of pyridine rings is 1. The summed E-state index contributed by atoms with van der Waals surface area (Å²) >= 11 is 3.42. The number of amides is 1. The molecule has 20 heavy (non-hydrogen) atoms. The van der Waals surface area contributed by atoms with Crippen molar-refractivity contribution in [1.29, 1.82) is 0 Å².